The summed E-state index contributed by atoms with van der Waals surface area (Å²) in [5.74, 6) is 3.42. The van der Waals surface area contributed by atoms with Gasteiger partial charge in [0.2, 0.25) is 5.91 Å². The number of anilines is 2. The monoisotopic (exact) mass is 372 g/mol. The lowest BCUT2D eigenvalue weighted by molar-refractivity contribution is -0.134. The van der Waals surface area contributed by atoms with Crippen molar-refractivity contribution in [2.75, 3.05) is 31.6 Å². The topological polar surface area (TPSA) is 67.4 Å². The fraction of sp³-hybridized carbons (Fsp3) is 0.227. The molecular formula is C22H20N4O2. The maximum absolute atomic E-state index is 12.6. The van der Waals surface area contributed by atoms with E-state index in [1.807, 2.05) is 47.4 Å². The summed E-state index contributed by atoms with van der Waals surface area (Å²) in [6.07, 6.45) is 7.35. The van der Waals surface area contributed by atoms with Gasteiger partial charge >= 0.3 is 0 Å². The Balaban J connectivity index is 1.60. The molecule has 0 saturated carbocycles. The molecule has 140 valence electrons. The number of terminal acetylenes is 1. The maximum atomic E-state index is 12.6. The number of rotatable bonds is 4. The van der Waals surface area contributed by atoms with Gasteiger partial charge in [0.05, 0.1) is 25.2 Å². The van der Waals surface area contributed by atoms with Gasteiger partial charge in [-0.3, -0.25) is 4.79 Å². The summed E-state index contributed by atoms with van der Waals surface area (Å²) in [5, 5.41) is 4.17. The number of morpholine rings is 1. The predicted molar refractivity (Wildman–Crippen MR) is 108 cm³/mol. The van der Waals surface area contributed by atoms with E-state index < -0.39 is 0 Å². The highest BCUT2D eigenvalue weighted by Crippen LogP contribution is 2.25. The van der Waals surface area contributed by atoms with Crippen LogP contribution < -0.4 is 5.32 Å². The highest BCUT2D eigenvalue weighted by molar-refractivity contribution is 5.92. The third kappa shape index (κ3) is 3.95. The van der Waals surface area contributed by atoms with Crippen molar-refractivity contribution in [3.8, 4) is 12.3 Å². The zero-order valence-electron chi connectivity index (χ0n) is 15.4. The van der Waals surface area contributed by atoms with Crippen LogP contribution in [0.5, 0.6) is 0 Å². The van der Waals surface area contributed by atoms with E-state index in [4.69, 9.17) is 11.2 Å². The molecule has 1 N–H and O–H groups in total. The van der Waals surface area contributed by atoms with Crippen LogP contribution in [0.2, 0.25) is 0 Å². The van der Waals surface area contributed by atoms with Crippen molar-refractivity contribution in [2.45, 2.75) is 6.42 Å². The number of amides is 1. The van der Waals surface area contributed by atoms with E-state index in [1.54, 1.807) is 0 Å². The minimum absolute atomic E-state index is 0.107. The lowest BCUT2D eigenvalue weighted by Gasteiger charge is -2.26. The van der Waals surface area contributed by atoms with Gasteiger partial charge in [0.25, 0.3) is 0 Å². The average molecular weight is 372 g/mol. The van der Waals surface area contributed by atoms with Crippen LogP contribution in [0.1, 0.15) is 11.1 Å². The van der Waals surface area contributed by atoms with E-state index in [9.17, 15) is 4.79 Å². The van der Waals surface area contributed by atoms with Gasteiger partial charge in [0, 0.05) is 29.7 Å². The molecule has 0 radical (unpaired) electrons. The molecule has 0 spiro atoms. The second-order valence-corrected chi connectivity index (χ2v) is 6.59. The van der Waals surface area contributed by atoms with Crippen LogP contribution in [0, 0.1) is 12.3 Å². The number of hydrogen-bond donors (Lipinski definition) is 1. The molecule has 1 aliphatic heterocycles. The van der Waals surface area contributed by atoms with Gasteiger partial charge in [0.1, 0.15) is 12.1 Å². The molecule has 6 nitrogen and oxygen atoms in total. The smallest absolute Gasteiger partial charge is 0.227 e. The number of fused-ring (bicyclic) bond motifs is 1. The van der Waals surface area contributed by atoms with Gasteiger partial charge in [-0.25, -0.2) is 9.97 Å². The lowest BCUT2D eigenvalue weighted by Crippen LogP contribution is -2.41. The summed E-state index contributed by atoms with van der Waals surface area (Å²) in [7, 11) is 0. The number of carbonyl (C=O) groups is 1. The van der Waals surface area contributed by atoms with Crippen molar-refractivity contribution in [1.82, 2.24) is 14.9 Å². The zero-order valence-corrected chi connectivity index (χ0v) is 15.4. The molecule has 0 atom stereocenters. The summed E-state index contributed by atoms with van der Waals surface area (Å²) in [5.41, 5.74) is 3.39. The Morgan fingerprint density at radius 1 is 1.18 bits per heavy atom. The average Bonchev–Trinajstić information content (AvgIpc) is 2.75. The fourth-order valence-electron chi connectivity index (χ4n) is 3.24. The molecule has 0 bridgehead atoms. The molecule has 1 aliphatic rings. The van der Waals surface area contributed by atoms with Crippen LogP contribution in [0.4, 0.5) is 11.5 Å². The third-order valence-corrected chi connectivity index (χ3v) is 4.71. The van der Waals surface area contributed by atoms with Crippen molar-refractivity contribution >= 4 is 28.3 Å². The lowest BCUT2D eigenvalue weighted by atomic mass is 10.1. The van der Waals surface area contributed by atoms with Crippen LogP contribution in [-0.4, -0.2) is 47.1 Å². The van der Waals surface area contributed by atoms with Crippen molar-refractivity contribution in [3.05, 3.63) is 59.9 Å². The molecule has 1 saturated heterocycles. The molecule has 28 heavy (non-hydrogen) atoms. The van der Waals surface area contributed by atoms with Gasteiger partial charge in [-0.15, -0.1) is 6.42 Å². The molecular weight excluding hydrogens is 352 g/mol. The number of aromatic nitrogens is 2. The summed E-state index contributed by atoms with van der Waals surface area (Å²) >= 11 is 0. The summed E-state index contributed by atoms with van der Waals surface area (Å²) < 4.78 is 5.32. The van der Waals surface area contributed by atoms with E-state index in [1.165, 1.54) is 6.33 Å². The van der Waals surface area contributed by atoms with E-state index in [0.29, 0.717) is 38.5 Å². The third-order valence-electron chi connectivity index (χ3n) is 4.71. The number of ether oxygens (including phenoxy) is 1. The Bertz CT molecular complexity index is 1050. The van der Waals surface area contributed by atoms with Crippen LogP contribution in [0.15, 0.2) is 48.8 Å². The van der Waals surface area contributed by atoms with Crippen LogP contribution in [0.3, 0.4) is 0 Å². The molecule has 4 rings (SSSR count). The first-order valence-corrected chi connectivity index (χ1v) is 9.16. The standard InChI is InChI=1S/C22H20N4O2/c1-2-16-4-3-5-18(12-16)25-22-19-13-17(6-7-20(19)23-15-24-22)14-21(27)26-8-10-28-11-9-26/h1,3-7,12-13,15H,8-11,14H2,(H,23,24,25). The van der Waals surface area contributed by atoms with Crippen molar-refractivity contribution in [3.63, 3.8) is 0 Å². The minimum atomic E-state index is 0.107. The number of benzene rings is 2. The first-order chi connectivity index (χ1) is 13.7. The molecule has 1 amide bonds. The zero-order chi connectivity index (χ0) is 19.3. The van der Waals surface area contributed by atoms with Crippen molar-refractivity contribution < 1.29 is 9.53 Å². The largest absolute Gasteiger partial charge is 0.378 e. The van der Waals surface area contributed by atoms with E-state index in [-0.39, 0.29) is 5.91 Å². The quantitative estimate of drug-likeness (QED) is 0.714. The normalized spacial score (nSPS) is 13.9. The van der Waals surface area contributed by atoms with E-state index in [2.05, 4.69) is 21.2 Å². The maximum Gasteiger partial charge on any atom is 0.227 e. The SMILES string of the molecule is C#Cc1cccc(Nc2ncnc3ccc(CC(=O)N4CCOCC4)cc23)c1. The molecule has 6 heteroatoms. The van der Waals surface area contributed by atoms with E-state index in [0.717, 1.165) is 27.7 Å². The highest BCUT2D eigenvalue weighted by Gasteiger charge is 2.17. The van der Waals surface area contributed by atoms with Crippen LogP contribution in [-0.2, 0) is 16.0 Å². The molecule has 1 aromatic heterocycles. The Hall–Kier alpha value is -3.43. The minimum Gasteiger partial charge on any atom is -0.378 e. The van der Waals surface area contributed by atoms with E-state index >= 15 is 0 Å². The predicted octanol–water partition coefficient (Wildman–Crippen LogP) is 2.76. The number of carbonyl (C=O) groups excluding carboxylic acids is 1. The fourth-order valence-corrected chi connectivity index (χ4v) is 3.24. The summed E-state index contributed by atoms with van der Waals surface area (Å²) in [6.45, 7) is 2.49. The Morgan fingerprint density at radius 3 is 2.86 bits per heavy atom. The number of nitrogens with zero attached hydrogens (tertiary/aromatic N) is 3. The molecule has 2 heterocycles. The number of nitrogens with one attached hydrogen (secondary N) is 1. The first-order valence-electron chi connectivity index (χ1n) is 9.16. The first kappa shape index (κ1) is 18.0. The molecule has 1 fully saturated rings. The van der Waals surface area contributed by atoms with Gasteiger partial charge in [-0.2, -0.15) is 0 Å². The molecule has 0 unspecified atom stereocenters. The summed E-state index contributed by atoms with van der Waals surface area (Å²) in [4.78, 5) is 23.1. The van der Waals surface area contributed by atoms with Gasteiger partial charge in [0.15, 0.2) is 0 Å². The van der Waals surface area contributed by atoms with Gasteiger partial charge in [-0.1, -0.05) is 18.1 Å². The summed E-state index contributed by atoms with van der Waals surface area (Å²) in [6, 6.07) is 13.4. The van der Waals surface area contributed by atoms with Gasteiger partial charge in [-0.05, 0) is 35.9 Å². The van der Waals surface area contributed by atoms with Gasteiger partial charge < -0.3 is 15.0 Å². The van der Waals surface area contributed by atoms with Crippen molar-refractivity contribution in [2.24, 2.45) is 0 Å². The number of hydrogen-bond acceptors (Lipinski definition) is 5. The highest BCUT2D eigenvalue weighted by atomic mass is 16.5. The Labute approximate surface area is 163 Å². The molecule has 3 aromatic rings. The molecule has 0 aliphatic carbocycles. The Morgan fingerprint density at radius 2 is 2.04 bits per heavy atom. The molecule has 2 aromatic carbocycles. The Kier molecular flexibility index (Phi) is 5.18. The van der Waals surface area contributed by atoms with Crippen molar-refractivity contribution in [1.29, 1.82) is 0 Å². The van der Waals surface area contributed by atoms with Crippen LogP contribution >= 0.6 is 0 Å². The second kappa shape index (κ2) is 8.07. The second-order valence-electron chi connectivity index (χ2n) is 6.59. The van der Waals surface area contributed by atoms with Crippen LogP contribution in [0.25, 0.3) is 10.9 Å².